The van der Waals surface area contributed by atoms with Crippen molar-refractivity contribution >= 4 is 0 Å². The second kappa shape index (κ2) is 7.39. The van der Waals surface area contributed by atoms with Crippen LogP contribution in [0.5, 0.6) is 0 Å². The Morgan fingerprint density at radius 3 is 2.43 bits per heavy atom. The van der Waals surface area contributed by atoms with Crippen molar-refractivity contribution in [1.82, 2.24) is 5.32 Å². The average Bonchev–Trinajstić information content (AvgIpc) is 2.50. The number of hydrogen-bond donors (Lipinski definition) is 1. The third-order valence-corrected chi connectivity index (χ3v) is 3.89. The van der Waals surface area contributed by atoms with Crippen LogP contribution in [-0.2, 0) is 4.74 Å². The van der Waals surface area contributed by atoms with Crippen LogP contribution in [0.25, 0.3) is 0 Å². The molecule has 2 atom stereocenters. The summed E-state index contributed by atoms with van der Waals surface area (Å²) < 4.78 is 5.39. The molecule has 0 bridgehead atoms. The Bertz CT molecular complexity index is 565. The molecule has 2 aromatic carbocycles. The number of rotatable bonds is 6. The summed E-state index contributed by atoms with van der Waals surface area (Å²) >= 11 is 0. The van der Waals surface area contributed by atoms with Gasteiger partial charge in [0, 0.05) is 13.2 Å². The number of ether oxygens (including phenoxy) is 1. The highest BCUT2D eigenvalue weighted by Crippen LogP contribution is 2.23. The van der Waals surface area contributed by atoms with Gasteiger partial charge in [-0.05, 0) is 37.5 Å². The molecule has 0 aliphatic rings. The Morgan fingerprint density at radius 2 is 1.76 bits per heavy atom. The highest BCUT2D eigenvalue weighted by molar-refractivity contribution is 5.33. The summed E-state index contributed by atoms with van der Waals surface area (Å²) in [6.07, 6.45) is 0. The van der Waals surface area contributed by atoms with Crippen molar-refractivity contribution < 1.29 is 4.74 Å². The fraction of sp³-hybridized carbons (Fsp3) is 0.368. The number of methoxy groups -OCH3 is 1. The van der Waals surface area contributed by atoms with Crippen LogP contribution in [0.15, 0.2) is 48.5 Å². The number of benzene rings is 2. The Balaban J connectivity index is 2.18. The highest BCUT2D eigenvalue weighted by atomic mass is 16.5. The fourth-order valence-electron chi connectivity index (χ4n) is 2.71. The van der Waals surface area contributed by atoms with Gasteiger partial charge in [0.1, 0.15) is 0 Å². The van der Waals surface area contributed by atoms with Crippen LogP contribution < -0.4 is 5.32 Å². The summed E-state index contributed by atoms with van der Waals surface area (Å²) in [7, 11) is 1.75. The average molecular weight is 283 g/mol. The summed E-state index contributed by atoms with van der Waals surface area (Å²) in [6.45, 7) is 7.19. The SMILES string of the molecule is COCC(NC(C)c1cc(C)ccc1C)c1ccccc1. The van der Waals surface area contributed by atoms with Gasteiger partial charge >= 0.3 is 0 Å². The van der Waals surface area contributed by atoms with Crippen molar-refractivity contribution in [2.45, 2.75) is 32.9 Å². The molecule has 0 radical (unpaired) electrons. The number of nitrogens with one attached hydrogen (secondary N) is 1. The Hall–Kier alpha value is -1.64. The summed E-state index contributed by atoms with van der Waals surface area (Å²) in [4.78, 5) is 0. The molecule has 0 aliphatic carbocycles. The molecular weight excluding hydrogens is 258 g/mol. The van der Waals surface area contributed by atoms with Crippen LogP contribution in [0.2, 0.25) is 0 Å². The lowest BCUT2D eigenvalue weighted by molar-refractivity contribution is 0.162. The first-order valence-corrected chi connectivity index (χ1v) is 7.49. The molecule has 0 saturated heterocycles. The van der Waals surface area contributed by atoms with E-state index in [2.05, 4.69) is 68.6 Å². The maximum Gasteiger partial charge on any atom is 0.0657 e. The zero-order valence-corrected chi connectivity index (χ0v) is 13.4. The van der Waals surface area contributed by atoms with E-state index in [0.717, 1.165) is 0 Å². The molecule has 2 nitrogen and oxygen atoms in total. The molecule has 0 amide bonds. The first kappa shape index (κ1) is 15.7. The topological polar surface area (TPSA) is 21.3 Å². The molecule has 2 rings (SSSR count). The van der Waals surface area contributed by atoms with Crippen molar-refractivity contribution in [3.05, 3.63) is 70.8 Å². The number of hydrogen-bond acceptors (Lipinski definition) is 2. The fourth-order valence-corrected chi connectivity index (χ4v) is 2.71. The van der Waals surface area contributed by atoms with E-state index in [0.29, 0.717) is 6.61 Å². The maximum atomic E-state index is 5.39. The smallest absolute Gasteiger partial charge is 0.0657 e. The van der Waals surface area contributed by atoms with E-state index < -0.39 is 0 Å². The summed E-state index contributed by atoms with van der Waals surface area (Å²) in [5.41, 5.74) is 5.24. The standard InChI is InChI=1S/C19H25NO/c1-14-10-11-15(2)18(12-14)16(3)20-19(13-21-4)17-8-6-5-7-9-17/h5-12,16,19-20H,13H2,1-4H3. The van der Waals surface area contributed by atoms with Gasteiger partial charge in [0.15, 0.2) is 0 Å². The van der Waals surface area contributed by atoms with E-state index in [1.807, 2.05) is 6.07 Å². The van der Waals surface area contributed by atoms with Crippen molar-refractivity contribution in [2.24, 2.45) is 0 Å². The van der Waals surface area contributed by atoms with Gasteiger partial charge in [-0.1, -0.05) is 54.1 Å². The van der Waals surface area contributed by atoms with E-state index in [9.17, 15) is 0 Å². The Morgan fingerprint density at radius 1 is 1.05 bits per heavy atom. The normalized spacial score (nSPS) is 13.9. The van der Waals surface area contributed by atoms with E-state index in [4.69, 9.17) is 4.74 Å². The molecule has 21 heavy (non-hydrogen) atoms. The van der Waals surface area contributed by atoms with Crippen molar-refractivity contribution in [2.75, 3.05) is 13.7 Å². The molecule has 0 aliphatic heterocycles. The maximum absolute atomic E-state index is 5.39. The van der Waals surface area contributed by atoms with Crippen LogP contribution >= 0.6 is 0 Å². The highest BCUT2D eigenvalue weighted by Gasteiger charge is 2.16. The summed E-state index contributed by atoms with van der Waals surface area (Å²) in [5.74, 6) is 0. The monoisotopic (exact) mass is 283 g/mol. The quantitative estimate of drug-likeness (QED) is 0.851. The Labute approximate surface area is 128 Å². The minimum absolute atomic E-state index is 0.200. The van der Waals surface area contributed by atoms with Crippen molar-refractivity contribution in [1.29, 1.82) is 0 Å². The van der Waals surface area contributed by atoms with Crippen LogP contribution in [0, 0.1) is 13.8 Å². The lowest BCUT2D eigenvalue weighted by atomic mass is 9.98. The molecule has 0 heterocycles. The van der Waals surface area contributed by atoms with E-state index in [1.54, 1.807) is 7.11 Å². The third-order valence-electron chi connectivity index (χ3n) is 3.89. The molecule has 0 saturated carbocycles. The molecule has 1 N–H and O–H groups in total. The van der Waals surface area contributed by atoms with Crippen LogP contribution in [0.1, 0.15) is 41.3 Å². The lowest BCUT2D eigenvalue weighted by Crippen LogP contribution is -2.28. The van der Waals surface area contributed by atoms with Crippen LogP contribution in [-0.4, -0.2) is 13.7 Å². The Kier molecular flexibility index (Phi) is 5.54. The zero-order chi connectivity index (χ0) is 15.2. The molecule has 0 spiro atoms. The lowest BCUT2D eigenvalue weighted by Gasteiger charge is -2.25. The van der Waals surface area contributed by atoms with Gasteiger partial charge in [0.2, 0.25) is 0 Å². The molecule has 2 aromatic rings. The third kappa shape index (κ3) is 4.16. The largest absolute Gasteiger partial charge is 0.383 e. The van der Waals surface area contributed by atoms with Gasteiger partial charge in [-0.25, -0.2) is 0 Å². The predicted molar refractivity (Wildman–Crippen MR) is 88.5 cm³/mol. The molecule has 0 aromatic heterocycles. The second-order valence-electron chi connectivity index (χ2n) is 5.67. The molecule has 2 unspecified atom stereocenters. The van der Waals surface area contributed by atoms with Crippen LogP contribution in [0.3, 0.4) is 0 Å². The first-order chi connectivity index (χ1) is 10.1. The van der Waals surface area contributed by atoms with Gasteiger partial charge in [0.05, 0.1) is 12.6 Å². The minimum atomic E-state index is 0.200. The van der Waals surface area contributed by atoms with Crippen molar-refractivity contribution in [3.63, 3.8) is 0 Å². The number of aryl methyl sites for hydroxylation is 2. The molecule has 112 valence electrons. The first-order valence-electron chi connectivity index (χ1n) is 7.49. The van der Waals surface area contributed by atoms with Gasteiger partial charge < -0.3 is 10.1 Å². The van der Waals surface area contributed by atoms with E-state index in [1.165, 1.54) is 22.3 Å². The molecule has 0 fully saturated rings. The molecule has 2 heteroatoms. The van der Waals surface area contributed by atoms with Gasteiger partial charge in [-0.2, -0.15) is 0 Å². The minimum Gasteiger partial charge on any atom is -0.383 e. The van der Waals surface area contributed by atoms with E-state index >= 15 is 0 Å². The molecular formula is C19H25NO. The van der Waals surface area contributed by atoms with Gasteiger partial charge in [-0.3, -0.25) is 0 Å². The van der Waals surface area contributed by atoms with E-state index in [-0.39, 0.29) is 12.1 Å². The second-order valence-corrected chi connectivity index (χ2v) is 5.67. The zero-order valence-electron chi connectivity index (χ0n) is 13.4. The summed E-state index contributed by atoms with van der Waals surface area (Å²) in [5, 5.41) is 3.69. The van der Waals surface area contributed by atoms with Crippen molar-refractivity contribution in [3.8, 4) is 0 Å². The predicted octanol–water partition coefficient (Wildman–Crippen LogP) is 4.34. The van der Waals surface area contributed by atoms with Gasteiger partial charge in [0.25, 0.3) is 0 Å². The van der Waals surface area contributed by atoms with Gasteiger partial charge in [-0.15, -0.1) is 0 Å². The summed E-state index contributed by atoms with van der Waals surface area (Å²) in [6, 6.07) is 17.6. The van der Waals surface area contributed by atoms with Crippen LogP contribution in [0.4, 0.5) is 0 Å².